The molecule has 2 amide bonds. The molecule has 0 saturated carbocycles. The molecule has 30 heavy (non-hydrogen) atoms. The van der Waals surface area contributed by atoms with Crippen LogP contribution in [0.1, 0.15) is 19.4 Å². The zero-order valence-corrected chi connectivity index (χ0v) is 16.7. The standard InChI is InChI=1S/C22H22N2O6/c1-3-28-19-13-15(10-11-18(19)30-14-20(25)29-4-2)12-17-21(26)23-24(22(17)27)16-8-6-5-7-9-16/h5-13H,3-4,14H2,1-2H3,(H,23,26)/b17-12-. The number of amides is 2. The van der Waals surface area contributed by atoms with Gasteiger partial charge in [0.05, 0.1) is 18.9 Å². The van der Waals surface area contributed by atoms with Gasteiger partial charge in [-0.2, -0.15) is 0 Å². The lowest BCUT2D eigenvalue weighted by Gasteiger charge is -2.14. The molecule has 0 aliphatic carbocycles. The Morgan fingerprint density at radius 3 is 2.47 bits per heavy atom. The molecule has 0 aromatic heterocycles. The van der Waals surface area contributed by atoms with Gasteiger partial charge in [0, 0.05) is 0 Å². The number of carbonyl (C=O) groups excluding carboxylic acids is 3. The number of esters is 1. The molecule has 1 N–H and O–H groups in total. The average Bonchev–Trinajstić information content (AvgIpc) is 3.02. The van der Waals surface area contributed by atoms with Gasteiger partial charge in [0.1, 0.15) is 5.57 Å². The average molecular weight is 410 g/mol. The van der Waals surface area contributed by atoms with Gasteiger partial charge in [0.25, 0.3) is 11.8 Å². The zero-order valence-electron chi connectivity index (χ0n) is 16.7. The summed E-state index contributed by atoms with van der Waals surface area (Å²) < 4.78 is 15.9. The van der Waals surface area contributed by atoms with E-state index in [9.17, 15) is 14.4 Å². The minimum Gasteiger partial charge on any atom is -0.490 e. The highest BCUT2D eigenvalue weighted by Crippen LogP contribution is 2.30. The first kappa shape index (κ1) is 20.9. The number of hydrazine groups is 1. The molecule has 1 heterocycles. The molecule has 8 nitrogen and oxygen atoms in total. The van der Waals surface area contributed by atoms with Crippen LogP contribution in [0.3, 0.4) is 0 Å². The number of rotatable bonds is 8. The van der Waals surface area contributed by atoms with E-state index in [0.29, 0.717) is 29.4 Å². The summed E-state index contributed by atoms with van der Waals surface area (Å²) in [5, 5.41) is 1.20. The minimum absolute atomic E-state index is 0.00138. The van der Waals surface area contributed by atoms with Crippen LogP contribution in [-0.2, 0) is 19.1 Å². The smallest absolute Gasteiger partial charge is 0.344 e. The van der Waals surface area contributed by atoms with Crippen LogP contribution in [0.2, 0.25) is 0 Å². The number of nitrogens with one attached hydrogen (secondary N) is 1. The molecule has 2 aromatic rings. The fourth-order valence-corrected chi connectivity index (χ4v) is 2.82. The second-order valence-corrected chi connectivity index (χ2v) is 6.21. The van der Waals surface area contributed by atoms with Gasteiger partial charge in [-0.05, 0) is 49.8 Å². The van der Waals surface area contributed by atoms with Crippen LogP contribution in [0, 0.1) is 0 Å². The fraction of sp³-hybridized carbons (Fsp3) is 0.227. The van der Waals surface area contributed by atoms with Gasteiger partial charge >= 0.3 is 5.97 Å². The fourth-order valence-electron chi connectivity index (χ4n) is 2.82. The van der Waals surface area contributed by atoms with Crippen molar-refractivity contribution in [2.24, 2.45) is 0 Å². The quantitative estimate of drug-likeness (QED) is 0.408. The molecule has 1 aliphatic heterocycles. The Kier molecular flexibility index (Phi) is 6.69. The minimum atomic E-state index is -0.496. The van der Waals surface area contributed by atoms with Crippen molar-refractivity contribution in [3.63, 3.8) is 0 Å². The number of anilines is 1. The molecule has 3 rings (SSSR count). The number of nitrogens with zero attached hydrogens (tertiary/aromatic N) is 1. The summed E-state index contributed by atoms with van der Waals surface area (Å²) in [7, 11) is 0. The van der Waals surface area contributed by atoms with Gasteiger partial charge in [0.15, 0.2) is 18.1 Å². The van der Waals surface area contributed by atoms with Crippen molar-refractivity contribution in [1.82, 2.24) is 5.43 Å². The molecular formula is C22H22N2O6. The Labute approximate surface area is 174 Å². The summed E-state index contributed by atoms with van der Waals surface area (Å²) in [6.45, 7) is 3.92. The third-order valence-electron chi connectivity index (χ3n) is 4.14. The van der Waals surface area contributed by atoms with Crippen LogP contribution < -0.4 is 19.9 Å². The Balaban J connectivity index is 1.82. The highest BCUT2D eigenvalue weighted by atomic mass is 16.6. The van der Waals surface area contributed by atoms with Crippen LogP contribution in [0.15, 0.2) is 54.1 Å². The van der Waals surface area contributed by atoms with Crippen molar-refractivity contribution >= 4 is 29.5 Å². The topological polar surface area (TPSA) is 94.2 Å². The van der Waals surface area contributed by atoms with Gasteiger partial charge in [-0.1, -0.05) is 24.3 Å². The maximum Gasteiger partial charge on any atom is 0.344 e. The molecule has 0 radical (unpaired) electrons. The first-order valence-corrected chi connectivity index (χ1v) is 9.51. The molecule has 1 saturated heterocycles. The van der Waals surface area contributed by atoms with Crippen molar-refractivity contribution in [3.05, 3.63) is 59.7 Å². The molecule has 1 aliphatic rings. The second-order valence-electron chi connectivity index (χ2n) is 6.21. The van der Waals surface area contributed by atoms with E-state index in [2.05, 4.69) is 5.43 Å². The number of carbonyl (C=O) groups is 3. The van der Waals surface area contributed by atoms with Gasteiger partial charge in [-0.3, -0.25) is 15.0 Å². The van der Waals surface area contributed by atoms with Crippen LogP contribution in [0.5, 0.6) is 11.5 Å². The first-order chi connectivity index (χ1) is 14.5. The van der Waals surface area contributed by atoms with Crippen molar-refractivity contribution in [3.8, 4) is 11.5 Å². The largest absolute Gasteiger partial charge is 0.490 e. The molecule has 0 atom stereocenters. The molecule has 156 valence electrons. The van der Waals surface area contributed by atoms with Gasteiger partial charge in [-0.25, -0.2) is 9.80 Å². The lowest BCUT2D eigenvalue weighted by molar-refractivity contribution is -0.145. The van der Waals surface area contributed by atoms with Gasteiger partial charge in [-0.15, -0.1) is 0 Å². The molecule has 0 spiro atoms. The Bertz CT molecular complexity index is 971. The number of para-hydroxylation sites is 1. The number of hydrogen-bond donors (Lipinski definition) is 1. The highest BCUT2D eigenvalue weighted by molar-refractivity contribution is 6.31. The summed E-state index contributed by atoms with van der Waals surface area (Å²) in [6, 6.07) is 13.8. The summed E-state index contributed by atoms with van der Waals surface area (Å²) >= 11 is 0. The highest BCUT2D eigenvalue weighted by Gasteiger charge is 2.34. The third-order valence-corrected chi connectivity index (χ3v) is 4.14. The van der Waals surface area contributed by atoms with Crippen LogP contribution >= 0.6 is 0 Å². The van der Waals surface area contributed by atoms with Crippen LogP contribution in [-0.4, -0.2) is 37.6 Å². The number of benzene rings is 2. The Morgan fingerprint density at radius 1 is 1.00 bits per heavy atom. The Hall–Kier alpha value is -3.81. The molecule has 0 bridgehead atoms. The lowest BCUT2D eigenvalue weighted by Crippen LogP contribution is -2.35. The third kappa shape index (κ3) is 4.78. The Morgan fingerprint density at radius 2 is 1.77 bits per heavy atom. The van der Waals surface area contributed by atoms with Crippen molar-refractivity contribution in [2.45, 2.75) is 13.8 Å². The van der Waals surface area contributed by atoms with E-state index in [1.807, 2.05) is 13.0 Å². The predicted molar refractivity (Wildman–Crippen MR) is 110 cm³/mol. The lowest BCUT2D eigenvalue weighted by atomic mass is 10.1. The monoisotopic (exact) mass is 410 g/mol. The normalized spacial score (nSPS) is 14.6. The van der Waals surface area contributed by atoms with E-state index in [1.165, 1.54) is 11.1 Å². The van der Waals surface area contributed by atoms with Crippen molar-refractivity contribution in [1.29, 1.82) is 0 Å². The SMILES string of the molecule is CCOC(=O)COc1ccc(/C=C2/C(=O)NN(c3ccccc3)C2=O)cc1OCC. The van der Waals surface area contributed by atoms with E-state index in [1.54, 1.807) is 49.4 Å². The first-order valence-electron chi connectivity index (χ1n) is 9.51. The van der Waals surface area contributed by atoms with Crippen LogP contribution in [0.4, 0.5) is 5.69 Å². The predicted octanol–water partition coefficient (Wildman–Crippen LogP) is 2.49. The number of hydrogen-bond acceptors (Lipinski definition) is 6. The van der Waals surface area contributed by atoms with E-state index in [-0.39, 0.29) is 18.8 Å². The zero-order chi connectivity index (χ0) is 21.5. The molecular weight excluding hydrogens is 388 g/mol. The van der Waals surface area contributed by atoms with Gasteiger partial charge < -0.3 is 14.2 Å². The van der Waals surface area contributed by atoms with E-state index >= 15 is 0 Å². The summed E-state index contributed by atoms with van der Waals surface area (Å²) in [5.41, 5.74) is 3.70. The molecule has 0 unspecified atom stereocenters. The summed E-state index contributed by atoms with van der Waals surface area (Å²) in [5.74, 6) is -0.682. The van der Waals surface area contributed by atoms with E-state index in [4.69, 9.17) is 14.2 Å². The molecule has 2 aromatic carbocycles. The molecule has 1 fully saturated rings. The number of ether oxygens (including phenoxy) is 3. The van der Waals surface area contributed by atoms with Gasteiger partial charge in [0.2, 0.25) is 0 Å². The van der Waals surface area contributed by atoms with Crippen molar-refractivity contribution < 1.29 is 28.6 Å². The van der Waals surface area contributed by atoms with E-state index in [0.717, 1.165) is 0 Å². The van der Waals surface area contributed by atoms with Crippen LogP contribution in [0.25, 0.3) is 6.08 Å². The van der Waals surface area contributed by atoms with E-state index < -0.39 is 17.8 Å². The summed E-state index contributed by atoms with van der Waals surface area (Å²) in [4.78, 5) is 36.6. The second kappa shape index (κ2) is 9.60. The van der Waals surface area contributed by atoms with Crippen molar-refractivity contribution in [2.75, 3.05) is 24.8 Å². The maximum absolute atomic E-state index is 12.7. The summed E-state index contributed by atoms with van der Waals surface area (Å²) in [6.07, 6.45) is 1.48. The molecule has 8 heteroatoms. The maximum atomic E-state index is 12.7.